The molecule has 2 saturated heterocycles. The summed E-state index contributed by atoms with van der Waals surface area (Å²) >= 11 is 1.61. The van der Waals surface area contributed by atoms with Crippen molar-refractivity contribution in [1.82, 2.24) is 19.9 Å². The van der Waals surface area contributed by atoms with Crippen LogP contribution in [0.25, 0.3) is 11.4 Å². The van der Waals surface area contributed by atoms with Gasteiger partial charge in [-0.15, -0.1) is 11.3 Å². The van der Waals surface area contributed by atoms with Gasteiger partial charge in [0.1, 0.15) is 11.5 Å². The zero-order chi connectivity index (χ0) is 22.2. The molecule has 168 valence electrons. The van der Waals surface area contributed by atoms with E-state index in [-0.39, 0.29) is 5.82 Å². The summed E-state index contributed by atoms with van der Waals surface area (Å²) in [6.07, 6.45) is 2.81. The Bertz CT molecular complexity index is 1100. The molecule has 9 heteroatoms. The number of thiazole rings is 1. The Morgan fingerprint density at radius 2 is 1.97 bits per heavy atom. The Balaban J connectivity index is 1.31. The van der Waals surface area contributed by atoms with E-state index < -0.39 is 0 Å². The average Bonchev–Trinajstić information content (AvgIpc) is 3.51. The highest BCUT2D eigenvalue weighted by molar-refractivity contribution is 7.14. The van der Waals surface area contributed by atoms with E-state index in [1.165, 1.54) is 6.07 Å². The first-order chi connectivity index (χ1) is 15.6. The number of hydrogen-bond donors (Lipinski definition) is 1. The second-order valence-corrected chi connectivity index (χ2v) is 9.22. The molecule has 2 bridgehead atoms. The van der Waals surface area contributed by atoms with Crippen LogP contribution >= 0.6 is 11.3 Å². The third-order valence-electron chi connectivity index (χ3n) is 6.47. The van der Waals surface area contributed by atoms with Gasteiger partial charge in [-0.3, -0.25) is 4.90 Å². The van der Waals surface area contributed by atoms with E-state index in [0.717, 1.165) is 49.1 Å². The Labute approximate surface area is 191 Å². The lowest BCUT2D eigenvalue weighted by Crippen LogP contribution is -2.44. The van der Waals surface area contributed by atoms with Crippen LogP contribution in [0.3, 0.4) is 0 Å². The molecule has 0 spiro atoms. The van der Waals surface area contributed by atoms with Gasteiger partial charge in [-0.25, -0.2) is 19.3 Å². The van der Waals surface area contributed by atoms with Crippen LogP contribution in [0, 0.1) is 5.82 Å². The largest absolute Gasteiger partial charge is 0.363 e. The van der Waals surface area contributed by atoms with Crippen molar-refractivity contribution < 1.29 is 4.39 Å². The molecule has 2 aliphatic rings. The monoisotopic (exact) mass is 453 g/mol. The molecule has 7 nitrogen and oxygen atoms in total. The number of aromatic nitrogens is 3. The van der Waals surface area contributed by atoms with Crippen molar-refractivity contribution >= 4 is 33.8 Å². The summed E-state index contributed by atoms with van der Waals surface area (Å²) in [6, 6.07) is 8.06. The first kappa shape index (κ1) is 21.1. The van der Waals surface area contributed by atoms with Crippen LogP contribution in [0.2, 0.25) is 0 Å². The van der Waals surface area contributed by atoms with E-state index in [4.69, 9.17) is 4.98 Å². The second kappa shape index (κ2) is 8.63. The fourth-order valence-electron chi connectivity index (χ4n) is 4.69. The number of rotatable bonds is 7. The molecule has 0 saturated carbocycles. The van der Waals surface area contributed by atoms with E-state index in [2.05, 4.69) is 50.9 Å². The van der Waals surface area contributed by atoms with Gasteiger partial charge in [0.25, 0.3) is 0 Å². The minimum Gasteiger partial charge on any atom is -0.363 e. The predicted octanol–water partition coefficient (Wildman–Crippen LogP) is 4.22. The van der Waals surface area contributed by atoms with Crippen molar-refractivity contribution in [1.29, 1.82) is 0 Å². The van der Waals surface area contributed by atoms with Crippen LogP contribution in [0.4, 0.5) is 26.8 Å². The molecule has 4 heterocycles. The Hall–Kier alpha value is -2.78. The summed E-state index contributed by atoms with van der Waals surface area (Å²) in [5.74, 6) is 0.207. The highest BCUT2D eigenvalue weighted by Crippen LogP contribution is 2.36. The first-order valence-corrected chi connectivity index (χ1v) is 12.0. The maximum absolute atomic E-state index is 15.0. The van der Waals surface area contributed by atoms with Crippen LogP contribution in [0.15, 0.2) is 35.8 Å². The van der Waals surface area contributed by atoms with Crippen LogP contribution < -0.4 is 15.1 Å². The van der Waals surface area contributed by atoms with Gasteiger partial charge >= 0.3 is 0 Å². The van der Waals surface area contributed by atoms with Gasteiger partial charge in [0, 0.05) is 55.5 Å². The summed E-state index contributed by atoms with van der Waals surface area (Å²) < 4.78 is 15.0. The van der Waals surface area contributed by atoms with Gasteiger partial charge in [-0.2, -0.15) is 0 Å². The number of likely N-dealkylation sites (N-methyl/N-ethyl adjacent to an activating group) is 1. The van der Waals surface area contributed by atoms with Gasteiger partial charge in [0.05, 0.1) is 11.4 Å². The topological polar surface area (TPSA) is 60.4 Å². The summed E-state index contributed by atoms with van der Waals surface area (Å²) in [7, 11) is 2.15. The second-order valence-electron chi connectivity index (χ2n) is 8.38. The molecular formula is C23H28FN7S. The predicted molar refractivity (Wildman–Crippen MR) is 129 cm³/mol. The van der Waals surface area contributed by atoms with Gasteiger partial charge < -0.3 is 15.1 Å². The number of fused-ring (bicyclic) bond motifs is 2. The zero-order valence-corrected chi connectivity index (χ0v) is 19.4. The molecule has 5 rings (SSSR count). The molecule has 2 aromatic heterocycles. The summed E-state index contributed by atoms with van der Waals surface area (Å²) in [6.45, 7) is 7.95. The van der Waals surface area contributed by atoms with E-state index >= 15 is 0 Å². The molecular weight excluding hydrogens is 425 g/mol. The minimum absolute atomic E-state index is 0.218. The fraction of sp³-hybridized carbons (Fsp3) is 0.435. The number of likely N-dealkylation sites (tertiary alicyclic amines) is 1. The van der Waals surface area contributed by atoms with E-state index in [1.54, 1.807) is 17.5 Å². The lowest BCUT2D eigenvalue weighted by Gasteiger charge is -2.33. The Kier molecular flexibility index (Phi) is 5.69. The third-order valence-corrected chi connectivity index (χ3v) is 7.37. The minimum atomic E-state index is -0.218. The molecule has 1 aromatic carbocycles. The number of nitrogens with zero attached hydrogens (tertiary/aromatic N) is 6. The Morgan fingerprint density at radius 3 is 2.66 bits per heavy atom. The molecule has 1 N–H and O–H groups in total. The molecule has 2 atom stereocenters. The van der Waals surface area contributed by atoms with Crippen molar-refractivity contribution in [2.45, 2.75) is 32.4 Å². The van der Waals surface area contributed by atoms with E-state index in [9.17, 15) is 4.39 Å². The van der Waals surface area contributed by atoms with Crippen molar-refractivity contribution in [3.8, 4) is 11.4 Å². The molecule has 2 fully saturated rings. The number of piperazine rings is 1. The lowest BCUT2D eigenvalue weighted by atomic mass is 10.2. The quantitative estimate of drug-likeness (QED) is 0.575. The van der Waals surface area contributed by atoms with Crippen LogP contribution in [0.5, 0.6) is 0 Å². The maximum Gasteiger partial charge on any atom is 0.227 e. The molecule has 2 unspecified atom stereocenters. The third kappa shape index (κ3) is 3.91. The molecule has 2 aliphatic heterocycles. The Morgan fingerprint density at radius 1 is 1.12 bits per heavy atom. The van der Waals surface area contributed by atoms with E-state index in [0.29, 0.717) is 29.4 Å². The lowest BCUT2D eigenvalue weighted by molar-refractivity contribution is 0.292. The molecule has 0 aliphatic carbocycles. The smallest absolute Gasteiger partial charge is 0.227 e. The van der Waals surface area contributed by atoms with Crippen molar-refractivity contribution in [2.75, 3.05) is 48.3 Å². The first-order valence-electron chi connectivity index (χ1n) is 11.1. The van der Waals surface area contributed by atoms with Crippen molar-refractivity contribution in [3.63, 3.8) is 0 Å². The molecule has 0 radical (unpaired) electrons. The summed E-state index contributed by atoms with van der Waals surface area (Å²) in [4.78, 5) is 20.4. The highest BCUT2D eigenvalue weighted by Gasteiger charge is 2.42. The van der Waals surface area contributed by atoms with Crippen molar-refractivity contribution in [3.05, 3.63) is 41.7 Å². The maximum atomic E-state index is 15.0. The van der Waals surface area contributed by atoms with Gasteiger partial charge in [-0.1, -0.05) is 0 Å². The number of halogens is 1. The molecule has 0 amide bonds. The number of benzene rings is 1. The SMILES string of the molecule is CCN(CC)c1nc(-c2ccnc(Nc3ccc(N4CC5CC4CN5C)c(F)c3)n2)cs1. The van der Waals surface area contributed by atoms with Crippen LogP contribution in [0.1, 0.15) is 20.3 Å². The summed E-state index contributed by atoms with van der Waals surface area (Å²) in [5, 5.41) is 6.14. The fourth-order valence-corrected chi connectivity index (χ4v) is 5.64. The normalized spacial score (nSPS) is 20.2. The average molecular weight is 454 g/mol. The highest BCUT2D eigenvalue weighted by atomic mass is 32.1. The number of anilines is 4. The zero-order valence-electron chi connectivity index (χ0n) is 18.6. The molecule has 32 heavy (non-hydrogen) atoms. The van der Waals surface area contributed by atoms with Gasteiger partial charge in [0.2, 0.25) is 5.95 Å². The van der Waals surface area contributed by atoms with Gasteiger partial charge in [0.15, 0.2) is 5.13 Å². The standard InChI is InChI=1S/C23H28FN7S/c1-4-30(5-2)23-28-20(14-32-23)19-8-9-25-22(27-19)26-15-6-7-21(18(24)10-15)31-13-16-11-17(31)12-29(16)3/h6-10,14,16-17H,4-5,11-13H2,1-3H3,(H,25,26,27). The number of hydrogen-bond acceptors (Lipinski definition) is 8. The van der Waals surface area contributed by atoms with Gasteiger partial charge in [-0.05, 0) is 51.6 Å². The number of nitrogens with one attached hydrogen (secondary N) is 1. The van der Waals surface area contributed by atoms with Crippen molar-refractivity contribution in [2.24, 2.45) is 0 Å². The van der Waals surface area contributed by atoms with E-state index in [1.807, 2.05) is 23.6 Å². The van der Waals surface area contributed by atoms with Crippen LogP contribution in [-0.2, 0) is 0 Å². The van der Waals surface area contributed by atoms with Crippen LogP contribution in [-0.4, -0.2) is 65.2 Å². The molecule has 3 aromatic rings. The summed E-state index contributed by atoms with van der Waals surface area (Å²) in [5.41, 5.74) is 2.87.